The number of aromatic nitrogens is 1. The monoisotopic (exact) mass is 306 g/mol. The topological polar surface area (TPSA) is 24.9 Å². The van der Waals surface area contributed by atoms with Crippen LogP contribution in [0.2, 0.25) is 0 Å². The summed E-state index contributed by atoms with van der Waals surface area (Å²) in [5, 5.41) is 7.34. The van der Waals surface area contributed by atoms with Gasteiger partial charge in [-0.3, -0.25) is 0 Å². The summed E-state index contributed by atoms with van der Waals surface area (Å²) in [6.07, 6.45) is 4.22. The largest absolute Gasteiger partial charge is 0.307 e. The van der Waals surface area contributed by atoms with Gasteiger partial charge in [-0.1, -0.05) is 41.5 Å². The fourth-order valence-electron chi connectivity index (χ4n) is 4.74. The fourth-order valence-corrected chi connectivity index (χ4v) is 5.71. The van der Waals surface area contributed by atoms with Crippen molar-refractivity contribution in [2.24, 2.45) is 16.7 Å². The first-order chi connectivity index (χ1) is 9.63. The Hall–Kier alpha value is -0.410. The molecular weight excluding hydrogens is 276 g/mol. The maximum Gasteiger partial charge on any atom is 0.107 e. The molecule has 118 valence electrons. The molecule has 1 aromatic rings. The van der Waals surface area contributed by atoms with E-state index in [1.807, 2.05) is 0 Å². The molecule has 2 bridgehead atoms. The molecule has 0 amide bonds. The minimum atomic E-state index is 0.159. The van der Waals surface area contributed by atoms with E-state index in [4.69, 9.17) is 4.98 Å². The van der Waals surface area contributed by atoms with Crippen molar-refractivity contribution in [3.8, 4) is 0 Å². The standard InChI is InChI=1S/C18H30N2S/c1-16(2,3)13-11-21-14(20-13)10-19-15-17(4,5)12-7-8-18(15,6)9-12/h11-12,15,19H,7-10H2,1-6H3. The number of rotatable bonds is 3. The van der Waals surface area contributed by atoms with Crippen molar-refractivity contribution in [2.75, 3.05) is 0 Å². The van der Waals surface area contributed by atoms with Gasteiger partial charge >= 0.3 is 0 Å². The van der Waals surface area contributed by atoms with Gasteiger partial charge in [-0.25, -0.2) is 4.98 Å². The Labute approximate surface area is 133 Å². The molecule has 0 saturated heterocycles. The molecule has 3 atom stereocenters. The number of nitrogens with one attached hydrogen (secondary N) is 1. The van der Waals surface area contributed by atoms with Gasteiger partial charge in [-0.05, 0) is 36.0 Å². The van der Waals surface area contributed by atoms with Gasteiger partial charge < -0.3 is 5.32 Å². The van der Waals surface area contributed by atoms with Crippen LogP contribution in [0.5, 0.6) is 0 Å². The third kappa shape index (κ3) is 2.57. The summed E-state index contributed by atoms with van der Waals surface area (Å²) in [6.45, 7) is 15.0. The van der Waals surface area contributed by atoms with Gasteiger partial charge in [0, 0.05) is 23.4 Å². The SMILES string of the molecule is CC(C)(C)c1csc(CNC2C3(C)CCC(C3)C2(C)C)n1. The van der Waals surface area contributed by atoms with Gasteiger partial charge in [0.2, 0.25) is 0 Å². The number of hydrogen-bond acceptors (Lipinski definition) is 3. The van der Waals surface area contributed by atoms with Crippen LogP contribution in [-0.4, -0.2) is 11.0 Å². The van der Waals surface area contributed by atoms with E-state index in [0.717, 1.165) is 12.5 Å². The number of thiazole rings is 1. The van der Waals surface area contributed by atoms with Crippen LogP contribution in [0.3, 0.4) is 0 Å². The molecule has 1 aromatic heterocycles. The van der Waals surface area contributed by atoms with E-state index in [2.05, 4.69) is 52.2 Å². The highest BCUT2D eigenvalue weighted by Crippen LogP contribution is 2.62. The average molecular weight is 307 g/mol. The van der Waals surface area contributed by atoms with E-state index in [-0.39, 0.29) is 5.41 Å². The summed E-state index contributed by atoms with van der Waals surface area (Å²) < 4.78 is 0. The minimum absolute atomic E-state index is 0.159. The van der Waals surface area contributed by atoms with E-state index in [1.54, 1.807) is 11.3 Å². The van der Waals surface area contributed by atoms with Crippen LogP contribution >= 0.6 is 11.3 Å². The van der Waals surface area contributed by atoms with Gasteiger partial charge in [0.25, 0.3) is 0 Å². The Morgan fingerprint density at radius 3 is 2.57 bits per heavy atom. The summed E-state index contributed by atoms with van der Waals surface area (Å²) in [5.41, 5.74) is 2.31. The van der Waals surface area contributed by atoms with Gasteiger partial charge in [0.15, 0.2) is 0 Å². The van der Waals surface area contributed by atoms with E-state index < -0.39 is 0 Å². The maximum atomic E-state index is 4.83. The van der Waals surface area contributed by atoms with Crippen LogP contribution in [0.1, 0.15) is 71.5 Å². The van der Waals surface area contributed by atoms with Gasteiger partial charge in [0.1, 0.15) is 5.01 Å². The van der Waals surface area contributed by atoms with E-state index in [0.29, 0.717) is 16.9 Å². The lowest BCUT2D eigenvalue weighted by molar-refractivity contribution is 0.108. The van der Waals surface area contributed by atoms with E-state index in [9.17, 15) is 0 Å². The third-order valence-electron chi connectivity index (χ3n) is 6.05. The normalized spacial score (nSPS) is 34.6. The molecule has 0 radical (unpaired) electrons. The van der Waals surface area contributed by atoms with Crippen molar-refractivity contribution in [3.63, 3.8) is 0 Å². The van der Waals surface area contributed by atoms with Crippen LogP contribution in [0.15, 0.2) is 5.38 Å². The van der Waals surface area contributed by atoms with Gasteiger partial charge in [-0.2, -0.15) is 0 Å². The predicted molar refractivity (Wildman–Crippen MR) is 90.7 cm³/mol. The van der Waals surface area contributed by atoms with Gasteiger partial charge in [0.05, 0.1) is 5.69 Å². The second kappa shape index (κ2) is 4.79. The Kier molecular flexibility index (Phi) is 3.53. The molecular formula is C18H30N2S. The number of hydrogen-bond donors (Lipinski definition) is 1. The van der Waals surface area contributed by atoms with Crippen molar-refractivity contribution in [1.82, 2.24) is 10.3 Å². The average Bonchev–Trinajstić information content (AvgIpc) is 2.98. The minimum Gasteiger partial charge on any atom is -0.307 e. The fraction of sp³-hybridized carbons (Fsp3) is 0.833. The summed E-state index contributed by atoms with van der Waals surface area (Å²) >= 11 is 1.81. The predicted octanol–water partition coefficient (Wildman–Crippen LogP) is 4.75. The van der Waals surface area contributed by atoms with Crippen LogP contribution < -0.4 is 5.32 Å². The zero-order valence-corrected chi connectivity index (χ0v) is 15.2. The van der Waals surface area contributed by atoms with Crippen LogP contribution in [0.25, 0.3) is 0 Å². The lowest BCUT2D eigenvalue weighted by Gasteiger charge is -2.43. The van der Waals surface area contributed by atoms with Crippen molar-refractivity contribution in [2.45, 2.75) is 78.8 Å². The highest BCUT2D eigenvalue weighted by molar-refractivity contribution is 7.09. The first-order valence-electron chi connectivity index (χ1n) is 8.31. The molecule has 3 unspecified atom stereocenters. The molecule has 21 heavy (non-hydrogen) atoms. The molecule has 0 aliphatic heterocycles. The molecule has 3 heteroatoms. The van der Waals surface area contributed by atoms with E-state index in [1.165, 1.54) is 30.0 Å². The highest BCUT2D eigenvalue weighted by Gasteiger charge is 2.58. The zero-order chi connectivity index (χ0) is 15.5. The lowest BCUT2D eigenvalue weighted by Crippen LogP contribution is -2.49. The molecule has 2 aliphatic carbocycles. The Balaban J connectivity index is 1.69. The first kappa shape index (κ1) is 15.5. The smallest absolute Gasteiger partial charge is 0.107 e. The zero-order valence-electron chi connectivity index (χ0n) is 14.4. The van der Waals surface area contributed by atoms with Crippen LogP contribution in [0, 0.1) is 16.7 Å². The maximum absolute atomic E-state index is 4.83. The van der Waals surface area contributed by atoms with Crippen molar-refractivity contribution < 1.29 is 0 Å². The number of fused-ring (bicyclic) bond motifs is 2. The summed E-state index contributed by atoms with van der Waals surface area (Å²) in [7, 11) is 0. The summed E-state index contributed by atoms with van der Waals surface area (Å²) in [5.74, 6) is 0.904. The Morgan fingerprint density at radius 1 is 1.33 bits per heavy atom. The molecule has 2 nitrogen and oxygen atoms in total. The lowest BCUT2D eigenvalue weighted by atomic mass is 9.68. The molecule has 2 fully saturated rings. The van der Waals surface area contributed by atoms with Gasteiger partial charge in [-0.15, -0.1) is 11.3 Å². The molecule has 2 aliphatic rings. The molecule has 1 heterocycles. The number of nitrogens with zero attached hydrogens (tertiary/aromatic N) is 1. The second-order valence-corrected chi connectivity index (χ2v) is 10.0. The third-order valence-corrected chi connectivity index (χ3v) is 6.90. The highest BCUT2D eigenvalue weighted by atomic mass is 32.1. The quantitative estimate of drug-likeness (QED) is 0.872. The van der Waals surface area contributed by atoms with E-state index >= 15 is 0 Å². The molecule has 3 rings (SSSR count). The summed E-state index contributed by atoms with van der Waals surface area (Å²) in [6, 6.07) is 0.630. The van der Waals surface area contributed by atoms with Crippen LogP contribution in [-0.2, 0) is 12.0 Å². The molecule has 1 N–H and O–H groups in total. The second-order valence-electron chi connectivity index (χ2n) is 9.11. The Morgan fingerprint density at radius 2 is 2.05 bits per heavy atom. The molecule has 0 spiro atoms. The molecule has 2 saturated carbocycles. The molecule has 0 aromatic carbocycles. The summed E-state index contributed by atoms with van der Waals surface area (Å²) in [4.78, 5) is 4.83. The first-order valence-corrected chi connectivity index (χ1v) is 9.19. The van der Waals surface area contributed by atoms with Crippen LogP contribution in [0.4, 0.5) is 0 Å². The van der Waals surface area contributed by atoms with Crippen molar-refractivity contribution in [1.29, 1.82) is 0 Å². The van der Waals surface area contributed by atoms with Crippen molar-refractivity contribution >= 4 is 11.3 Å². The Bertz CT molecular complexity index is 521. The van der Waals surface area contributed by atoms with Crippen molar-refractivity contribution in [3.05, 3.63) is 16.1 Å².